The molecule has 2 heterocycles. The van der Waals surface area contributed by atoms with Crippen molar-refractivity contribution in [3.63, 3.8) is 0 Å². The van der Waals surface area contributed by atoms with Crippen LogP contribution in [0.4, 0.5) is 5.82 Å². The second-order valence-corrected chi connectivity index (χ2v) is 6.11. The van der Waals surface area contributed by atoms with Crippen molar-refractivity contribution in [3.05, 3.63) is 45.3 Å². The number of anilines is 1. The summed E-state index contributed by atoms with van der Waals surface area (Å²) < 4.78 is 2.68. The minimum absolute atomic E-state index is 0.0990. The largest absolute Gasteiger partial charge is 0.396 e. The molecule has 0 saturated heterocycles. The van der Waals surface area contributed by atoms with Crippen molar-refractivity contribution in [3.8, 4) is 0 Å². The van der Waals surface area contributed by atoms with Crippen LogP contribution in [0.5, 0.6) is 0 Å². The Labute approximate surface area is 140 Å². The summed E-state index contributed by atoms with van der Waals surface area (Å²) in [6.45, 7) is 0.633. The van der Waals surface area contributed by atoms with Crippen LogP contribution >= 0.6 is 27.5 Å². The highest BCUT2D eigenvalue weighted by Gasteiger charge is 2.11. The van der Waals surface area contributed by atoms with Crippen LogP contribution in [0.15, 0.2) is 28.9 Å². The van der Waals surface area contributed by atoms with Crippen molar-refractivity contribution >= 4 is 44.4 Å². The predicted octanol–water partition coefficient (Wildman–Crippen LogP) is 2.41. The summed E-state index contributed by atoms with van der Waals surface area (Å²) in [7, 11) is 0. The van der Waals surface area contributed by atoms with Gasteiger partial charge in [-0.2, -0.15) is 10.1 Å². The zero-order valence-corrected chi connectivity index (χ0v) is 13.8. The van der Waals surface area contributed by atoms with E-state index in [2.05, 4.69) is 31.0 Å². The highest BCUT2D eigenvalue weighted by Crippen LogP contribution is 2.22. The van der Waals surface area contributed by atoms with Gasteiger partial charge in [0.2, 0.25) is 5.28 Å². The molecule has 0 aliphatic carbocycles. The molecule has 0 unspecified atom stereocenters. The molecule has 0 radical (unpaired) electrons. The molecule has 114 valence electrons. The van der Waals surface area contributed by atoms with Crippen molar-refractivity contribution in [1.82, 2.24) is 19.7 Å². The van der Waals surface area contributed by atoms with E-state index in [1.807, 2.05) is 18.2 Å². The van der Waals surface area contributed by atoms with E-state index in [-0.39, 0.29) is 11.9 Å². The van der Waals surface area contributed by atoms with Crippen molar-refractivity contribution in [2.75, 3.05) is 12.3 Å². The number of hydrogen-bond acceptors (Lipinski definition) is 5. The van der Waals surface area contributed by atoms with Gasteiger partial charge in [0.05, 0.1) is 18.1 Å². The molecule has 0 fully saturated rings. The average molecular weight is 383 g/mol. The molecule has 3 N–H and O–H groups in total. The van der Waals surface area contributed by atoms with Crippen molar-refractivity contribution in [2.45, 2.75) is 13.0 Å². The van der Waals surface area contributed by atoms with Crippen LogP contribution < -0.4 is 5.73 Å². The number of benzene rings is 1. The number of halogens is 2. The normalized spacial score (nSPS) is 11.2. The number of nitrogen functional groups attached to an aromatic ring is 1. The van der Waals surface area contributed by atoms with E-state index in [0.717, 1.165) is 15.6 Å². The standard InChI is InChI=1S/C14H13BrClN5O/c15-10-4-8(1-2-22)3-9(5-10)7-21-13-11(6-18-21)12(17)19-14(16)20-13/h3-6,22H,1-2,7H2,(H2,17,19,20). The second-order valence-electron chi connectivity index (χ2n) is 4.86. The van der Waals surface area contributed by atoms with Crippen molar-refractivity contribution < 1.29 is 5.11 Å². The smallest absolute Gasteiger partial charge is 0.226 e. The molecule has 0 aliphatic rings. The molecular weight excluding hydrogens is 370 g/mol. The van der Waals surface area contributed by atoms with Gasteiger partial charge in [-0.05, 0) is 41.3 Å². The summed E-state index contributed by atoms with van der Waals surface area (Å²) in [4.78, 5) is 8.12. The molecule has 6 nitrogen and oxygen atoms in total. The van der Waals surface area contributed by atoms with Gasteiger partial charge in [-0.15, -0.1) is 0 Å². The van der Waals surface area contributed by atoms with Gasteiger partial charge in [-0.3, -0.25) is 0 Å². The van der Waals surface area contributed by atoms with Gasteiger partial charge in [0.15, 0.2) is 5.65 Å². The second kappa shape index (κ2) is 6.20. The first kappa shape index (κ1) is 15.2. The van der Waals surface area contributed by atoms with Gasteiger partial charge >= 0.3 is 0 Å². The molecule has 3 aromatic rings. The number of fused-ring (bicyclic) bond motifs is 1. The Hall–Kier alpha value is -1.70. The lowest BCUT2D eigenvalue weighted by Gasteiger charge is -2.07. The van der Waals surface area contributed by atoms with E-state index in [9.17, 15) is 0 Å². The molecule has 0 atom stereocenters. The number of nitrogens with two attached hydrogens (primary N) is 1. The molecule has 0 amide bonds. The number of aromatic nitrogens is 4. The molecule has 2 aromatic heterocycles. The van der Waals surface area contributed by atoms with Gasteiger partial charge in [0.25, 0.3) is 0 Å². The van der Waals surface area contributed by atoms with E-state index < -0.39 is 0 Å². The lowest BCUT2D eigenvalue weighted by atomic mass is 10.1. The molecule has 0 bridgehead atoms. The SMILES string of the molecule is Nc1nc(Cl)nc2c1cnn2Cc1cc(Br)cc(CCO)c1. The van der Waals surface area contributed by atoms with Gasteiger partial charge in [0, 0.05) is 11.1 Å². The summed E-state index contributed by atoms with van der Waals surface area (Å²) in [5.41, 5.74) is 8.52. The summed E-state index contributed by atoms with van der Waals surface area (Å²) in [5, 5.41) is 14.2. The Bertz CT molecular complexity index is 835. The van der Waals surface area contributed by atoms with Gasteiger partial charge in [-0.1, -0.05) is 22.0 Å². The third-order valence-electron chi connectivity index (χ3n) is 3.25. The summed E-state index contributed by atoms with van der Waals surface area (Å²) in [5.74, 6) is 0.316. The third kappa shape index (κ3) is 3.06. The van der Waals surface area contributed by atoms with Crippen LogP contribution in [-0.2, 0) is 13.0 Å². The van der Waals surface area contributed by atoms with E-state index >= 15 is 0 Å². The predicted molar refractivity (Wildman–Crippen MR) is 88.8 cm³/mol. The van der Waals surface area contributed by atoms with Gasteiger partial charge in [-0.25, -0.2) is 9.67 Å². The Kier molecular flexibility index (Phi) is 4.28. The molecular formula is C14H13BrClN5O. The summed E-state index contributed by atoms with van der Waals surface area (Å²) in [6.07, 6.45) is 2.24. The minimum atomic E-state index is 0.0990. The van der Waals surface area contributed by atoms with Crippen LogP contribution in [-0.4, -0.2) is 31.5 Å². The molecule has 22 heavy (non-hydrogen) atoms. The fourth-order valence-corrected chi connectivity index (χ4v) is 3.08. The first-order chi connectivity index (χ1) is 10.6. The Morgan fingerprint density at radius 3 is 2.77 bits per heavy atom. The molecule has 1 aromatic carbocycles. The van der Waals surface area contributed by atoms with Crippen LogP contribution in [0.3, 0.4) is 0 Å². The first-order valence-electron chi connectivity index (χ1n) is 6.60. The highest BCUT2D eigenvalue weighted by molar-refractivity contribution is 9.10. The van der Waals surface area contributed by atoms with Gasteiger partial charge < -0.3 is 10.8 Å². The maximum Gasteiger partial charge on any atom is 0.226 e. The molecule has 3 rings (SSSR count). The average Bonchev–Trinajstić information content (AvgIpc) is 2.82. The fourth-order valence-electron chi connectivity index (χ4n) is 2.32. The molecule has 0 aliphatic heterocycles. The number of nitrogens with zero attached hydrogens (tertiary/aromatic N) is 4. The third-order valence-corrected chi connectivity index (χ3v) is 3.88. The van der Waals surface area contributed by atoms with Gasteiger partial charge in [0.1, 0.15) is 5.82 Å². The molecule has 0 spiro atoms. The van der Waals surface area contributed by atoms with Crippen molar-refractivity contribution in [2.24, 2.45) is 0 Å². The Balaban J connectivity index is 2.00. The van der Waals surface area contributed by atoms with E-state index in [0.29, 0.717) is 29.8 Å². The van der Waals surface area contributed by atoms with Crippen LogP contribution in [0, 0.1) is 0 Å². The zero-order valence-electron chi connectivity index (χ0n) is 11.5. The fraction of sp³-hybridized carbons (Fsp3) is 0.214. The number of aliphatic hydroxyl groups is 1. The van der Waals surface area contributed by atoms with Crippen LogP contribution in [0.25, 0.3) is 11.0 Å². The van der Waals surface area contributed by atoms with E-state index in [4.69, 9.17) is 22.4 Å². The lowest BCUT2D eigenvalue weighted by Crippen LogP contribution is -2.05. The zero-order chi connectivity index (χ0) is 15.7. The highest BCUT2D eigenvalue weighted by atomic mass is 79.9. The summed E-state index contributed by atoms with van der Waals surface area (Å²) in [6, 6.07) is 6.01. The van der Waals surface area contributed by atoms with Crippen LogP contribution in [0.2, 0.25) is 5.28 Å². The number of aliphatic hydroxyl groups excluding tert-OH is 1. The maximum atomic E-state index is 9.08. The van der Waals surface area contributed by atoms with Crippen molar-refractivity contribution in [1.29, 1.82) is 0 Å². The quantitative estimate of drug-likeness (QED) is 0.676. The number of rotatable bonds is 4. The maximum absolute atomic E-state index is 9.08. The topological polar surface area (TPSA) is 89.9 Å². The van der Waals surface area contributed by atoms with Crippen LogP contribution in [0.1, 0.15) is 11.1 Å². The number of hydrogen-bond donors (Lipinski definition) is 2. The van der Waals surface area contributed by atoms with E-state index in [1.165, 1.54) is 0 Å². The monoisotopic (exact) mass is 381 g/mol. The Morgan fingerprint density at radius 2 is 2.00 bits per heavy atom. The lowest BCUT2D eigenvalue weighted by molar-refractivity contribution is 0.299. The minimum Gasteiger partial charge on any atom is -0.396 e. The summed E-state index contributed by atoms with van der Waals surface area (Å²) >= 11 is 9.35. The first-order valence-corrected chi connectivity index (χ1v) is 7.77. The van der Waals surface area contributed by atoms with E-state index in [1.54, 1.807) is 10.9 Å². The Morgan fingerprint density at radius 1 is 1.23 bits per heavy atom. The molecule has 8 heteroatoms. The molecule has 0 saturated carbocycles.